The standard InChI is InChI=1S/C21H24ClNO2/c1-15(24)16-3-5-17(6-4-16)21(25,18-7-9-20(22)10-8-18)19-11-13-23(2)14-12-19/h3-10,19,25H,11-14H2,1-2H3. The number of piperidine rings is 1. The Balaban J connectivity index is 2.04. The van der Waals surface area contributed by atoms with E-state index in [1.807, 2.05) is 36.4 Å². The van der Waals surface area contributed by atoms with E-state index in [9.17, 15) is 9.90 Å². The molecule has 1 atom stereocenters. The van der Waals surface area contributed by atoms with Crippen LogP contribution in [0.3, 0.4) is 0 Å². The molecule has 0 aliphatic carbocycles. The molecule has 0 spiro atoms. The minimum Gasteiger partial charge on any atom is -0.380 e. The van der Waals surface area contributed by atoms with E-state index in [0.717, 1.165) is 37.1 Å². The van der Waals surface area contributed by atoms with Gasteiger partial charge in [0.15, 0.2) is 5.78 Å². The molecule has 0 saturated carbocycles. The molecule has 0 radical (unpaired) electrons. The van der Waals surface area contributed by atoms with Crippen LogP contribution >= 0.6 is 11.6 Å². The zero-order valence-corrected chi connectivity index (χ0v) is 15.5. The molecule has 0 aromatic heterocycles. The van der Waals surface area contributed by atoms with Gasteiger partial charge in [-0.3, -0.25) is 4.79 Å². The van der Waals surface area contributed by atoms with Gasteiger partial charge in [0, 0.05) is 10.6 Å². The van der Waals surface area contributed by atoms with Crippen molar-refractivity contribution in [1.82, 2.24) is 4.90 Å². The van der Waals surface area contributed by atoms with Crippen molar-refractivity contribution >= 4 is 17.4 Å². The number of rotatable bonds is 4. The number of ketones is 1. The maximum absolute atomic E-state index is 11.8. The van der Waals surface area contributed by atoms with Crippen molar-refractivity contribution in [3.63, 3.8) is 0 Å². The number of hydrogen-bond acceptors (Lipinski definition) is 3. The summed E-state index contributed by atoms with van der Waals surface area (Å²) in [6.07, 6.45) is 1.84. The molecule has 2 aromatic rings. The summed E-state index contributed by atoms with van der Waals surface area (Å²) in [5, 5.41) is 12.5. The fraction of sp³-hybridized carbons (Fsp3) is 0.381. The zero-order chi connectivity index (χ0) is 18.0. The molecule has 1 heterocycles. The summed E-state index contributed by atoms with van der Waals surface area (Å²) in [4.78, 5) is 13.9. The fourth-order valence-corrected chi connectivity index (χ4v) is 3.85. The molecule has 1 aliphatic heterocycles. The van der Waals surface area contributed by atoms with Crippen LogP contribution in [0.15, 0.2) is 48.5 Å². The molecule has 3 rings (SSSR count). The van der Waals surface area contributed by atoms with Crippen molar-refractivity contribution in [2.24, 2.45) is 5.92 Å². The van der Waals surface area contributed by atoms with Crippen molar-refractivity contribution in [3.05, 3.63) is 70.2 Å². The predicted octanol–water partition coefficient (Wildman–Crippen LogP) is 4.12. The van der Waals surface area contributed by atoms with Crippen molar-refractivity contribution in [3.8, 4) is 0 Å². The maximum Gasteiger partial charge on any atom is 0.159 e. The quantitative estimate of drug-likeness (QED) is 0.837. The van der Waals surface area contributed by atoms with Crippen LogP contribution in [0, 0.1) is 5.92 Å². The molecule has 1 N–H and O–H groups in total. The summed E-state index contributed by atoms with van der Waals surface area (Å²) in [5.74, 6) is 0.147. The molecule has 1 unspecified atom stereocenters. The summed E-state index contributed by atoms with van der Waals surface area (Å²) in [6, 6.07) is 14.8. The molecule has 132 valence electrons. The van der Waals surface area contributed by atoms with Gasteiger partial charge < -0.3 is 10.0 Å². The Bertz CT molecular complexity index is 733. The number of nitrogens with zero attached hydrogens (tertiary/aromatic N) is 1. The van der Waals surface area contributed by atoms with Crippen LogP contribution in [0.4, 0.5) is 0 Å². The number of halogens is 1. The molecule has 0 amide bonds. The van der Waals surface area contributed by atoms with Crippen molar-refractivity contribution in [2.75, 3.05) is 20.1 Å². The lowest BCUT2D eigenvalue weighted by atomic mass is 9.72. The van der Waals surface area contributed by atoms with Gasteiger partial charge in [-0.2, -0.15) is 0 Å². The van der Waals surface area contributed by atoms with E-state index >= 15 is 0 Å². The molecule has 25 heavy (non-hydrogen) atoms. The molecular formula is C21H24ClNO2. The summed E-state index contributed by atoms with van der Waals surface area (Å²) < 4.78 is 0. The zero-order valence-electron chi connectivity index (χ0n) is 14.7. The largest absolute Gasteiger partial charge is 0.380 e. The molecule has 3 nitrogen and oxygen atoms in total. The van der Waals surface area contributed by atoms with Gasteiger partial charge in [-0.05, 0) is 69.1 Å². The minimum absolute atomic E-state index is 0.0286. The lowest BCUT2D eigenvalue weighted by molar-refractivity contribution is -0.0109. The number of carbonyl (C=O) groups excluding carboxylic acids is 1. The molecule has 4 heteroatoms. The smallest absolute Gasteiger partial charge is 0.159 e. The Hall–Kier alpha value is -1.68. The first-order valence-electron chi connectivity index (χ1n) is 8.69. The van der Waals surface area contributed by atoms with Crippen LogP contribution in [0.25, 0.3) is 0 Å². The van der Waals surface area contributed by atoms with E-state index in [2.05, 4.69) is 11.9 Å². The Morgan fingerprint density at radius 2 is 1.52 bits per heavy atom. The number of Topliss-reactive ketones (excluding diaryl/α,β-unsaturated/α-hetero) is 1. The van der Waals surface area contributed by atoms with E-state index in [4.69, 9.17) is 11.6 Å². The second-order valence-electron chi connectivity index (χ2n) is 6.98. The highest BCUT2D eigenvalue weighted by Crippen LogP contribution is 2.42. The maximum atomic E-state index is 11.8. The predicted molar refractivity (Wildman–Crippen MR) is 101 cm³/mol. The van der Waals surface area contributed by atoms with Crippen LogP contribution in [0.2, 0.25) is 5.02 Å². The van der Waals surface area contributed by atoms with Gasteiger partial charge in [-0.25, -0.2) is 0 Å². The Morgan fingerprint density at radius 3 is 2.00 bits per heavy atom. The van der Waals surface area contributed by atoms with Crippen LogP contribution in [0.5, 0.6) is 0 Å². The number of aliphatic hydroxyl groups is 1. The van der Waals surface area contributed by atoms with E-state index in [1.54, 1.807) is 19.1 Å². The topological polar surface area (TPSA) is 40.5 Å². The summed E-state index contributed by atoms with van der Waals surface area (Å²) in [7, 11) is 2.11. The SMILES string of the molecule is CC(=O)c1ccc(C(O)(c2ccc(Cl)cc2)C2CCN(C)CC2)cc1. The molecule has 1 saturated heterocycles. The van der Waals surface area contributed by atoms with Crippen molar-refractivity contribution in [2.45, 2.75) is 25.4 Å². The lowest BCUT2D eigenvalue weighted by Crippen LogP contribution is -2.43. The van der Waals surface area contributed by atoms with Crippen LogP contribution in [0.1, 0.15) is 41.3 Å². The van der Waals surface area contributed by atoms with Gasteiger partial charge in [0.05, 0.1) is 0 Å². The van der Waals surface area contributed by atoms with Crippen molar-refractivity contribution in [1.29, 1.82) is 0 Å². The molecule has 1 fully saturated rings. The van der Waals surface area contributed by atoms with Gasteiger partial charge in [0.2, 0.25) is 0 Å². The van der Waals surface area contributed by atoms with Crippen molar-refractivity contribution < 1.29 is 9.90 Å². The summed E-state index contributed by atoms with van der Waals surface area (Å²) in [5.41, 5.74) is 1.25. The number of benzene rings is 2. The third-order valence-corrected chi connectivity index (χ3v) is 5.58. The fourth-order valence-electron chi connectivity index (χ4n) is 3.73. The third-order valence-electron chi connectivity index (χ3n) is 5.33. The number of carbonyl (C=O) groups is 1. The van der Waals surface area contributed by atoms with Crippen LogP contribution < -0.4 is 0 Å². The van der Waals surface area contributed by atoms with Gasteiger partial charge in [-0.15, -0.1) is 0 Å². The second kappa shape index (κ2) is 7.28. The van der Waals surface area contributed by atoms with Crippen LogP contribution in [-0.4, -0.2) is 35.9 Å². The third kappa shape index (κ3) is 3.64. The highest BCUT2D eigenvalue weighted by molar-refractivity contribution is 6.30. The highest BCUT2D eigenvalue weighted by atomic mass is 35.5. The Kier molecular flexibility index (Phi) is 5.28. The van der Waals surface area contributed by atoms with E-state index in [-0.39, 0.29) is 11.7 Å². The number of hydrogen-bond donors (Lipinski definition) is 1. The monoisotopic (exact) mass is 357 g/mol. The van der Waals surface area contributed by atoms with Gasteiger partial charge in [0.25, 0.3) is 0 Å². The first-order valence-corrected chi connectivity index (χ1v) is 9.07. The Labute approximate surface area is 154 Å². The number of likely N-dealkylation sites (tertiary alicyclic amines) is 1. The van der Waals surface area contributed by atoms with Gasteiger partial charge in [-0.1, -0.05) is 48.0 Å². The minimum atomic E-state index is -1.08. The summed E-state index contributed by atoms with van der Waals surface area (Å²) >= 11 is 6.04. The van der Waals surface area contributed by atoms with Gasteiger partial charge >= 0.3 is 0 Å². The van der Waals surface area contributed by atoms with E-state index < -0.39 is 5.60 Å². The van der Waals surface area contributed by atoms with E-state index in [1.165, 1.54) is 0 Å². The lowest BCUT2D eigenvalue weighted by Gasteiger charge is -2.41. The summed E-state index contributed by atoms with van der Waals surface area (Å²) in [6.45, 7) is 3.48. The average molecular weight is 358 g/mol. The van der Waals surface area contributed by atoms with Gasteiger partial charge in [0.1, 0.15) is 5.60 Å². The van der Waals surface area contributed by atoms with Crippen LogP contribution in [-0.2, 0) is 5.60 Å². The second-order valence-corrected chi connectivity index (χ2v) is 7.42. The first-order chi connectivity index (χ1) is 11.9. The first kappa shape index (κ1) is 18.1. The molecule has 1 aliphatic rings. The molecule has 2 aromatic carbocycles. The molecular weight excluding hydrogens is 334 g/mol. The highest BCUT2D eigenvalue weighted by Gasteiger charge is 2.41. The Morgan fingerprint density at radius 1 is 1.04 bits per heavy atom. The average Bonchev–Trinajstić information content (AvgIpc) is 2.62. The normalized spacial score (nSPS) is 18.7. The van der Waals surface area contributed by atoms with E-state index in [0.29, 0.717) is 10.6 Å². The molecule has 0 bridgehead atoms.